The summed E-state index contributed by atoms with van der Waals surface area (Å²) in [4.78, 5) is 8.18. The van der Waals surface area contributed by atoms with Crippen molar-refractivity contribution in [2.75, 3.05) is 14.2 Å². The van der Waals surface area contributed by atoms with E-state index in [1.165, 1.54) is 12.4 Å². The molecule has 2 rings (SSSR count). The Balaban J connectivity index is 2.74. The van der Waals surface area contributed by atoms with Crippen LogP contribution >= 0.6 is 0 Å². The molecular formula is C13H11N3O2. The fourth-order valence-electron chi connectivity index (χ4n) is 1.69. The van der Waals surface area contributed by atoms with Crippen LogP contribution in [0.15, 0.2) is 30.6 Å². The number of methoxy groups -OCH3 is 2. The van der Waals surface area contributed by atoms with Crippen molar-refractivity contribution in [1.29, 1.82) is 5.26 Å². The van der Waals surface area contributed by atoms with Crippen molar-refractivity contribution in [3.63, 3.8) is 0 Å². The molecule has 5 nitrogen and oxygen atoms in total. The van der Waals surface area contributed by atoms with E-state index in [0.29, 0.717) is 22.8 Å². The highest BCUT2D eigenvalue weighted by Crippen LogP contribution is 2.37. The quantitative estimate of drug-likeness (QED) is 0.822. The molecule has 0 saturated carbocycles. The van der Waals surface area contributed by atoms with Gasteiger partial charge in [0.05, 0.1) is 19.8 Å². The van der Waals surface area contributed by atoms with Gasteiger partial charge in [-0.15, -0.1) is 0 Å². The summed E-state index contributed by atoms with van der Waals surface area (Å²) in [5.74, 6) is 1.18. The van der Waals surface area contributed by atoms with E-state index in [4.69, 9.17) is 14.7 Å². The molecule has 0 aliphatic heterocycles. The zero-order valence-electron chi connectivity index (χ0n) is 10.0. The topological polar surface area (TPSA) is 68.0 Å². The maximum Gasteiger partial charge on any atom is 0.167 e. The molecule has 18 heavy (non-hydrogen) atoms. The molecule has 1 aromatic carbocycles. The van der Waals surface area contributed by atoms with E-state index < -0.39 is 0 Å². The van der Waals surface area contributed by atoms with Gasteiger partial charge >= 0.3 is 0 Å². The first-order valence-corrected chi connectivity index (χ1v) is 5.24. The number of benzene rings is 1. The van der Waals surface area contributed by atoms with E-state index in [-0.39, 0.29) is 5.69 Å². The Morgan fingerprint density at radius 3 is 2.22 bits per heavy atom. The molecule has 0 spiro atoms. The molecule has 1 heterocycles. The van der Waals surface area contributed by atoms with Gasteiger partial charge < -0.3 is 9.47 Å². The van der Waals surface area contributed by atoms with Crippen LogP contribution in [0.2, 0.25) is 0 Å². The van der Waals surface area contributed by atoms with Gasteiger partial charge in [-0.3, -0.25) is 4.98 Å². The molecule has 0 aliphatic rings. The Morgan fingerprint density at radius 1 is 1.06 bits per heavy atom. The fourth-order valence-corrected chi connectivity index (χ4v) is 1.69. The van der Waals surface area contributed by atoms with Crippen molar-refractivity contribution in [1.82, 2.24) is 9.97 Å². The Hall–Kier alpha value is -2.61. The number of hydrogen-bond donors (Lipinski definition) is 0. The first-order chi connectivity index (χ1) is 8.81. The molecule has 0 aliphatic carbocycles. The van der Waals surface area contributed by atoms with Crippen molar-refractivity contribution >= 4 is 0 Å². The molecule has 5 heteroatoms. The second-order valence-corrected chi connectivity index (χ2v) is 3.40. The zero-order chi connectivity index (χ0) is 13.0. The maximum absolute atomic E-state index is 9.07. The third-order valence-electron chi connectivity index (χ3n) is 2.47. The first-order valence-electron chi connectivity index (χ1n) is 5.24. The number of nitrogens with zero attached hydrogens (tertiary/aromatic N) is 3. The second kappa shape index (κ2) is 5.15. The minimum absolute atomic E-state index is 0.236. The summed E-state index contributed by atoms with van der Waals surface area (Å²) >= 11 is 0. The average Bonchev–Trinajstić information content (AvgIpc) is 2.46. The predicted molar refractivity (Wildman–Crippen MR) is 65.3 cm³/mol. The van der Waals surface area contributed by atoms with E-state index in [0.717, 1.165) is 0 Å². The third kappa shape index (κ3) is 1.96. The normalized spacial score (nSPS) is 9.61. The summed E-state index contributed by atoms with van der Waals surface area (Å²) < 4.78 is 10.6. The molecule has 0 amide bonds. The van der Waals surface area contributed by atoms with Crippen LogP contribution in [0.4, 0.5) is 0 Å². The van der Waals surface area contributed by atoms with E-state index in [1.807, 2.05) is 12.1 Å². The lowest BCUT2D eigenvalue weighted by atomic mass is 10.1. The van der Waals surface area contributed by atoms with Gasteiger partial charge in [-0.05, 0) is 12.1 Å². The van der Waals surface area contributed by atoms with E-state index in [2.05, 4.69) is 9.97 Å². The molecule has 0 unspecified atom stereocenters. The van der Waals surface area contributed by atoms with Crippen molar-refractivity contribution in [3.8, 4) is 28.8 Å². The predicted octanol–water partition coefficient (Wildman–Crippen LogP) is 2.03. The van der Waals surface area contributed by atoms with Crippen LogP contribution < -0.4 is 9.47 Å². The smallest absolute Gasteiger partial charge is 0.167 e. The molecule has 0 atom stereocenters. The number of hydrogen-bond acceptors (Lipinski definition) is 5. The van der Waals surface area contributed by atoms with Gasteiger partial charge in [-0.2, -0.15) is 5.26 Å². The lowest BCUT2D eigenvalue weighted by Crippen LogP contribution is -1.98. The van der Waals surface area contributed by atoms with E-state index in [9.17, 15) is 0 Å². The molecule has 90 valence electrons. The van der Waals surface area contributed by atoms with Gasteiger partial charge in [0, 0.05) is 12.4 Å². The standard InChI is InChI=1S/C13H11N3O2/c1-17-10-4-3-5-11(18-2)12(10)13-9(8-14)15-6-7-16-13/h3-7H,1-2H3. The van der Waals surface area contributed by atoms with Crippen molar-refractivity contribution in [2.45, 2.75) is 0 Å². The van der Waals surface area contributed by atoms with Crippen LogP contribution in [0.3, 0.4) is 0 Å². The van der Waals surface area contributed by atoms with Crippen LogP contribution in [0.1, 0.15) is 5.69 Å². The highest BCUT2D eigenvalue weighted by atomic mass is 16.5. The fraction of sp³-hybridized carbons (Fsp3) is 0.154. The summed E-state index contributed by atoms with van der Waals surface area (Å²) in [7, 11) is 3.11. The van der Waals surface area contributed by atoms with Crippen molar-refractivity contribution in [2.24, 2.45) is 0 Å². The largest absolute Gasteiger partial charge is 0.496 e. The second-order valence-electron chi connectivity index (χ2n) is 3.40. The highest BCUT2D eigenvalue weighted by Gasteiger charge is 2.17. The molecule has 0 saturated heterocycles. The van der Waals surface area contributed by atoms with Crippen molar-refractivity contribution < 1.29 is 9.47 Å². The van der Waals surface area contributed by atoms with Crippen LogP contribution in [-0.4, -0.2) is 24.2 Å². The molecule has 1 aromatic heterocycles. The van der Waals surface area contributed by atoms with Crippen LogP contribution in [-0.2, 0) is 0 Å². The summed E-state index contributed by atoms with van der Waals surface area (Å²) in [6, 6.07) is 7.39. The summed E-state index contributed by atoms with van der Waals surface area (Å²) in [6.07, 6.45) is 3.01. The molecular weight excluding hydrogens is 230 g/mol. The van der Waals surface area contributed by atoms with Crippen LogP contribution in [0.25, 0.3) is 11.3 Å². The Morgan fingerprint density at radius 2 is 1.67 bits per heavy atom. The van der Waals surface area contributed by atoms with Gasteiger partial charge in [0.25, 0.3) is 0 Å². The van der Waals surface area contributed by atoms with Gasteiger partial charge in [-0.1, -0.05) is 6.07 Å². The summed E-state index contributed by atoms with van der Waals surface area (Å²) in [6.45, 7) is 0. The average molecular weight is 241 g/mol. The van der Waals surface area contributed by atoms with Crippen molar-refractivity contribution in [3.05, 3.63) is 36.3 Å². The molecule has 0 bridgehead atoms. The van der Waals surface area contributed by atoms with Crippen LogP contribution in [0.5, 0.6) is 11.5 Å². The zero-order valence-corrected chi connectivity index (χ0v) is 10.0. The number of aromatic nitrogens is 2. The van der Waals surface area contributed by atoms with Gasteiger partial charge in [-0.25, -0.2) is 4.98 Å². The summed E-state index contributed by atoms with van der Waals surface area (Å²) in [5.41, 5.74) is 1.32. The lowest BCUT2D eigenvalue weighted by molar-refractivity contribution is 0.397. The monoisotopic (exact) mass is 241 g/mol. The SMILES string of the molecule is COc1cccc(OC)c1-c1nccnc1C#N. The minimum atomic E-state index is 0.236. The number of ether oxygens (including phenoxy) is 2. The molecule has 2 aromatic rings. The molecule has 0 fully saturated rings. The lowest BCUT2D eigenvalue weighted by Gasteiger charge is -2.12. The number of nitriles is 1. The third-order valence-corrected chi connectivity index (χ3v) is 2.47. The molecule has 0 radical (unpaired) electrons. The van der Waals surface area contributed by atoms with Crippen LogP contribution in [0, 0.1) is 11.3 Å². The van der Waals surface area contributed by atoms with E-state index in [1.54, 1.807) is 26.4 Å². The van der Waals surface area contributed by atoms with Gasteiger partial charge in [0.2, 0.25) is 0 Å². The minimum Gasteiger partial charge on any atom is -0.496 e. The summed E-state index contributed by atoms with van der Waals surface area (Å²) in [5, 5.41) is 9.07. The first kappa shape index (κ1) is 11.9. The van der Waals surface area contributed by atoms with E-state index >= 15 is 0 Å². The Kier molecular flexibility index (Phi) is 3.39. The number of rotatable bonds is 3. The Labute approximate surface area is 105 Å². The Bertz CT molecular complexity index is 583. The molecule has 0 N–H and O–H groups in total. The maximum atomic E-state index is 9.07. The van der Waals surface area contributed by atoms with Gasteiger partial charge in [0.1, 0.15) is 23.3 Å². The highest BCUT2D eigenvalue weighted by molar-refractivity contribution is 5.77. The van der Waals surface area contributed by atoms with Gasteiger partial charge in [0.15, 0.2) is 5.69 Å².